The number of hydrogen-bond acceptors (Lipinski definition) is 4. The van der Waals surface area contributed by atoms with E-state index >= 15 is 0 Å². The van der Waals surface area contributed by atoms with Crippen molar-refractivity contribution in [1.82, 2.24) is 0 Å². The molecule has 0 radical (unpaired) electrons. The second-order valence-electron chi connectivity index (χ2n) is 6.33. The molecule has 0 unspecified atom stereocenters. The third-order valence-corrected chi connectivity index (χ3v) is 6.57. The maximum Gasteiger partial charge on any atom is 0.265 e. The number of para-hydroxylation sites is 1. The first-order chi connectivity index (χ1) is 11.8. The lowest BCUT2D eigenvalue weighted by atomic mass is 10.0. The first-order valence-corrected chi connectivity index (χ1v) is 9.52. The van der Waals surface area contributed by atoms with Gasteiger partial charge in [0.1, 0.15) is 11.4 Å². The van der Waals surface area contributed by atoms with Crippen LogP contribution in [-0.4, -0.2) is 27.9 Å². The van der Waals surface area contributed by atoms with Gasteiger partial charge in [-0.3, -0.25) is 9.10 Å². The number of rotatable bonds is 3. The molecule has 3 rings (SSSR count). The Morgan fingerprint density at radius 2 is 1.72 bits per heavy atom. The average molecular weight is 359 g/mol. The van der Waals surface area contributed by atoms with Gasteiger partial charge in [0.25, 0.3) is 10.0 Å². The molecule has 0 amide bonds. The standard InChI is InChI=1S/C19H21NO4S/c1-12-10-13(2)19(14(3)11-12)25(22,23)20-9-8-16(21)15-6-5-7-17(24-4)18(15)20/h5-7,10-11H,8-9H2,1-4H3. The van der Waals surface area contributed by atoms with E-state index < -0.39 is 10.0 Å². The lowest BCUT2D eigenvalue weighted by Gasteiger charge is -2.32. The number of sulfonamides is 1. The molecule has 0 atom stereocenters. The van der Waals surface area contributed by atoms with Gasteiger partial charge in [0, 0.05) is 18.5 Å². The Kier molecular flexibility index (Phi) is 4.33. The van der Waals surface area contributed by atoms with Gasteiger partial charge in [0.2, 0.25) is 0 Å². The normalized spacial score (nSPS) is 14.4. The van der Waals surface area contributed by atoms with Crippen LogP contribution in [0.2, 0.25) is 0 Å². The molecule has 0 N–H and O–H groups in total. The molecule has 2 aromatic carbocycles. The van der Waals surface area contributed by atoms with Crippen molar-refractivity contribution in [3.63, 3.8) is 0 Å². The minimum Gasteiger partial charge on any atom is -0.495 e. The highest BCUT2D eigenvalue weighted by Gasteiger charge is 2.36. The van der Waals surface area contributed by atoms with Crippen molar-refractivity contribution in [2.75, 3.05) is 18.0 Å². The first kappa shape index (κ1) is 17.5. The molecule has 0 aromatic heterocycles. The molecule has 0 aliphatic carbocycles. The van der Waals surface area contributed by atoms with Gasteiger partial charge in [0.15, 0.2) is 5.78 Å². The van der Waals surface area contributed by atoms with Crippen LogP contribution in [0, 0.1) is 20.8 Å². The Labute approximate surface area is 148 Å². The Hall–Kier alpha value is -2.34. The highest BCUT2D eigenvalue weighted by Crippen LogP contribution is 2.40. The van der Waals surface area contributed by atoms with Crippen LogP contribution in [0.5, 0.6) is 5.75 Å². The molecule has 1 aliphatic heterocycles. The molecule has 1 aliphatic rings. The van der Waals surface area contributed by atoms with Crippen molar-refractivity contribution in [1.29, 1.82) is 0 Å². The van der Waals surface area contributed by atoms with Gasteiger partial charge in [0.05, 0.1) is 12.0 Å². The van der Waals surface area contributed by atoms with Gasteiger partial charge in [-0.25, -0.2) is 8.42 Å². The molecule has 0 fully saturated rings. The highest BCUT2D eigenvalue weighted by atomic mass is 32.2. The number of ketones is 1. The molecule has 132 valence electrons. The summed E-state index contributed by atoms with van der Waals surface area (Å²) in [5, 5.41) is 0. The van der Waals surface area contributed by atoms with Gasteiger partial charge in [-0.15, -0.1) is 0 Å². The van der Waals surface area contributed by atoms with E-state index in [1.54, 1.807) is 32.0 Å². The molecule has 0 spiro atoms. The molecule has 0 bridgehead atoms. The number of carbonyl (C=O) groups is 1. The summed E-state index contributed by atoms with van der Waals surface area (Å²) in [6, 6.07) is 8.75. The largest absolute Gasteiger partial charge is 0.495 e. The van der Waals surface area contributed by atoms with Crippen LogP contribution in [0.3, 0.4) is 0 Å². The van der Waals surface area contributed by atoms with Crippen LogP contribution >= 0.6 is 0 Å². The van der Waals surface area contributed by atoms with E-state index in [1.165, 1.54) is 11.4 Å². The van der Waals surface area contributed by atoms with Gasteiger partial charge >= 0.3 is 0 Å². The number of Topliss-reactive ketones (excluding diaryl/α,β-unsaturated/α-hetero) is 1. The SMILES string of the molecule is COc1cccc2c1N(S(=O)(=O)c1c(C)cc(C)cc1C)CCC2=O. The minimum atomic E-state index is -3.81. The van der Waals surface area contributed by atoms with Crippen molar-refractivity contribution in [2.24, 2.45) is 0 Å². The summed E-state index contributed by atoms with van der Waals surface area (Å²) in [5.74, 6) is 0.314. The Morgan fingerprint density at radius 1 is 1.08 bits per heavy atom. The minimum absolute atomic E-state index is 0.0716. The summed E-state index contributed by atoms with van der Waals surface area (Å²) in [6.07, 6.45) is 0.156. The Balaban J connectivity index is 2.25. The second kappa shape index (κ2) is 6.19. The van der Waals surface area contributed by atoms with E-state index in [2.05, 4.69) is 0 Å². The van der Waals surface area contributed by atoms with Gasteiger partial charge < -0.3 is 4.74 Å². The number of nitrogens with zero attached hydrogens (tertiary/aromatic N) is 1. The fourth-order valence-corrected chi connectivity index (χ4v) is 5.46. The number of carbonyl (C=O) groups excluding carboxylic acids is 1. The van der Waals surface area contributed by atoms with Crippen LogP contribution in [0.4, 0.5) is 5.69 Å². The van der Waals surface area contributed by atoms with Crippen LogP contribution in [0.1, 0.15) is 33.5 Å². The lowest BCUT2D eigenvalue weighted by molar-refractivity contribution is 0.0981. The molecule has 0 saturated heterocycles. The van der Waals surface area contributed by atoms with Crippen LogP contribution < -0.4 is 9.04 Å². The van der Waals surface area contributed by atoms with E-state index in [0.717, 1.165) is 5.56 Å². The summed E-state index contributed by atoms with van der Waals surface area (Å²) in [7, 11) is -2.33. The summed E-state index contributed by atoms with van der Waals surface area (Å²) in [4.78, 5) is 12.6. The van der Waals surface area contributed by atoms with E-state index in [0.29, 0.717) is 33.0 Å². The molecular formula is C19H21NO4S. The topological polar surface area (TPSA) is 63.7 Å². The van der Waals surface area contributed by atoms with Crippen molar-refractivity contribution in [2.45, 2.75) is 32.1 Å². The molecule has 6 heteroatoms. The van der Waals surface area contributed by atoms with Crippen molar-refractivity contribution < 1.29 is 17.9 Å². The monoisotopic (exact) mass is 359 g/mol. The maximum atomic E-state index is 13.4. The summed E-state index contributed by atoms with van der Waals surface area (Å²) in [5.41, 5.74) is 3.13. The number of methoxy groups -OCH3 is 1. The summed E-state index contributed by atoms with van der Waals surface area (Å²) >= 11 is 0. The van der Waals surface area contributed by atoms with Crippen LogP contribution in [0.15, 0.2) is 35.2 Å². The van der Waals surface area contributed by atoms with Crippen LogP contribution in [-0.2, 0) is 10.0 Å². The molecule has 5 nitrogen and oxygen atoms in total. The van der Waals surface area contributed by atoms with Crippen molar-refractivity contribution in [3.05, 3.63) is 52.6 Å². The van der Waals surface area contributed by atoms with Crippen molar-refractivity contribution in [3.8, 4) is 5.75 Å². The lowest BCUT2D eigenvalue weighted by Crippen LogP contribution is -2.38. The zero-order valence-corrected chi connectivity index (χ0v) is 15.6. The number of hydrogen-bond donors (Lipinski definition) is 0. The van der Waals surface area contributed by atoms with Crippen LogP contribution in [0.25, 0.3) is 0 Å². The Bertz CT molecular complexity index is 940. The molecular weight excluding hydrogens is 338 g/mol. The molecule has 0 saturated carbocycles. The fraction of sp³-hybridized carbons (Fsp3) is 0.316. The number of fused-ring (bicyclic) bond motifs is 1. The Morgan fingerprint density at radius 3 is 2.32 bits per heavy atom. The maximum absolute atomic E-state index is 13.4. The predicted molar refractivity (Wildman–Crippen MR) is 97.1 cm³/mol. The van der Waals surface area contributed by atoms with Gasteiger partial charge in [-0.05, 0) is 44.0 Å². The van der Waals surface area contributed by atoms with E-state index in [9.17, 15) is 13.2 Å². The van der Waals surface area contributed by atoms with Gasteiger partial charge in [-0.1, -0.05) is 23.8 Å². The van der Waals surface area contributed by atoms with E-state index in [4.69, 9.17) is 4.74 Å². The average Bonchev–Trinajstić information content (AvgIpc) is 2.53. The van der Waals surface area contributed by atoms with Gasteiger partial charge in [-0.2, -0.15) is 0 Å². The quantitative estimate of drug-likeness (QED) is 0.842. The number of anilines is 1. The first-order valence-electron chi connectivity index (χ1n) is 8.08. The zero-order valence-electron chi connectivity index (χ0n) is 14.8. The number of benzene rings is 2. The molecule has 25 heavy (non-hydrogen) atoms. The number of ether oxygens (including phenoxy) is 1. The predicted octanol–water partition coefficient (Wildman–Crippen LogP) is 3.40. The van der Waals surface area contributed by atoms with E-state index in [-0.39, 0.29) is 18.7 Å². The summed E-state index contributed by atoms with van der Waals surface area (Å²) in [6.45, 7) is 5.64. The highest BCUT2D eigenvalue weighted by molar-refractivity contribution is 7.93. The van der Waals surface area contributed by atoms with Crippen molar-refractivity contribution >= 4 is 21.5 Å². The fourth-order valence-electron chi connectivity index (χ4n) is 3.54. The smallest absolute Gasteiger partial charge is 0.265 e. The zero-order chi connectivity index (χ0) is 18.4. The third-order valence-electron chi connectivity index (χ3n) is 4.46. The van der Waals surface area contributed by atoms with E-state index in [1.807, 2.05) is 19.1 Å². The summed E-state index contributed by atoms with van der Waals surface area (Å²) < 4.78 is 33.5. The third kappa shape index (κ3) is 2.80. The molecule has 2 aromatic rings. The second-order valence-corrected chi connectivity index (χ2v) is 8.13. The number of aryl methyl sites for hydroxylation is 3. The molecule has 1 heterocycles.